The highest BCUT2D eigenvalue weighted by molar-refractivity contribution is 8.00. The maximum Gasteiger partial charge on any atom is 0.260 e. The number of fused-ring (bicyclic) bond motifs is 1. The van der Waals surface area contributed by atoms with Crippen LogP contribution in [0.15, 0.2) is 40.3 Å². The van der Waals surface area contributed by atoms with E-state index in [1.807, 2.05) is 44.2 Å². The first-order valence-corrected chi connectivity index (χ1v) is 12.4. The van der Waals surface area contributed by atoms with Gasteiger partial charge < -0.3 is 9.72 Å². The Kier molecular flexibility index (Phi) is 6.99. The van der Waals surface area contributed by atoms with Gasteiger partial charge in [-0.3, -0.25) is 14.9 Å². The zero-order chi connectivity index (χ0) is 22.7. The summed E-state index contributed by atoms with van der Waals surface area (Å²) in [6.07, 6.45) is 0.556. The van der Waals surface area contributed by atoms with Gasteiger partial charge in [-0.2, -0.15) is 0 Å². The molecule has 3 heterocycles. The number of nitrogens with one attached hydrogen (secondary N) is 2. The van der Waals surface area contributed by atoms with E-state index in [0.29, 0.717) is 38.5 Å². The summed E-state index contributed by atoms with van der Waals surface area (Å²) in [6.45, 7) is 4.24. The van der Waals surface area contributed by atoms with E-state index in [1.165, 1.54) is 34.4 Å². The molecule has 0 aliphatic carbocycles. The Hall–Kier alpha value is -2.60. The van der Waals surface area contributed by atoms with Crippen LogP contribution in [0.25, 0.3) is 21.3 Å². The number of aromatic nitrogens is 4. The molecule has 8 nitrogen and oxygen atoms in total. The minimum absolute atomic E-state index is 0.204. The number of hydrogen-bond acceptors (Lipinski definition) is 9. The SMILES string of the molecule is CCC(Sc1nc2sc(C)c(-c3ccccc3)c2c(=O)[nH]1)C(=O)Nc1nnc(COC)s1. The molecule has 4 aromatic rings. The van der Waals surface area contributed by atoms with Crippen LogP contribution in [0.2, 0.25) is 0 Å². The lowest BCUT2D eigenvalue weighted by molar-refractivity contribution is -0.115. The van der Waals surface area contributed by atoms with E-state index < -0.39 is 5.25 Å². The smallest absolute Gasteiger partial charge is 0.260 e. The fourth-order valence-corrected chi connectivity index (χ4v) is 5.95. The number of carbonyl (C=O) groups is 1. The van der Waals surface area contributed by atoms with E-state index in [1.54, 1.807) is 7.11 Å². The summed E-state index contributed by atoms with van der Waals surface area (Å²) in [7, 11) is 1.58. The van der Waals surface area contributed by atoms with Crippen molar-refractivity contribution in [1.82, 2.24) is 20.2 Å². The van der Waals surface area contributed by atoms with Gasteiger partial charge in [0.2, 0.25) is 11.0 Å². The molecule has 1 atom stereocenters. The van der Waals surface area contributed by atoms with Gasteiger partial charge in [0.05, 0.1) is 10.6 Å². The second kappa shape index (κ2) is 9.90. The first-order valence-electron chi connectivity index (χ1n) is 9.87. The van der Waals surface area contributed by atoms with Crippen LogP contribution in [-0.2, 0) is 16.1 Å². The monoisotopic (exact) mass is 487 g/mol. The predicted octanol–water partition coefficient (Wildman–Crippen LogP) is 4.47. The van der Waals surface area contributed by atoms with Crippen molar-refractivity contribution in [3.05, 3.63) is 50.6 Å². The Labute approximate surface area is 196 Å². The minimum Gasteiger partial charge on any atom is -0.377 e. The molecule has 1 amide bonds. The average molecular weight is 488 g/mol. The highest BCUT2D eigenvalue weighted by Crippen LogP contribution is 2.36. The quantitative estimate of drug-likeness (QED) is 0.279. The summed E-state index contributed by atoms with van der Waals surface area (Å²) >= 11 is 3.98. The zero-order valence-electron chi connectivity index (χ0n) is 17.7. The standard InChI is InChI=1S/C21H21N5O3S3/c1-4-13(17(27)22-21-26-25-14(32-21)10-29-3)31-20-23-18(28)16-15(11(2)30-19(16)24-20)12-8-6-5-7-9-12/h5-9,13H,4,10H2,1-3H3,(H,22,26,27)(H,23,24,28). The van der Waals surface area contributed by atoms with Crippen LogP contribution in [0, 0.1) is 6.92 Å². The number of rotatable bonds is 8. The van der Waals surface area contributed by atoms with Crippen molar-refractivity contribution in [3.63, 3.8) is 0 Å². The fraction of sp³-hybridized carbons (Fsp3) is 0.286. The summed E-state index contributed by atoms with van der Waals surface area (Å²) in [5, 5.41) is 12.4. The Morgan fingerprint density at radius 1 is 1.25 bits per heavy atom. The number of anilines is 1. The van der Waals surface area contributed by atoms with Gasteiger partial charge >= 0.3 is 0 Å². The second-order valence-electron chi connectivity index (χ2n) is 6.89. The number of aromatic amines is 1. The van der Waals surface area contributed by atoms with Gasteiger partial charge in [0.1, 0.15) is 16.4 Å². The number of amides is 1. The van der Waals surface area contributed by atoms with Crippen molar-refractivity contribution in [2.45, 2.75) is 37.3 Å². The lowest BCUT2D eigenvalue weighted by Gasteiger charge is -2.12. The second-order valence-corrected chi connectivity index (χ2v) is 10.3. The maximum atomic E-state index is 13.0. The van der Waals surface area contributed by atoms with Crippen LogP contribution in [0.1, 0.15) is 23.2 Å². The van der Waals surface area contributed by atoms with Crippen LogP contribution >= 0.6 is 34.4 Å². The van der Waals surface area contributed by atoms with Crippen LogP contribution in [0.4, 0.5) is 5.13 Å². The molecule has 0 saturated carbocycles. The molecule has 32 heavy (non-hydrogen) atoms. The number of carbonyl (C=O) groups excluding carboxylic acids is 1. The van der Waals surface area contributed by atoms with Gasteiger partial charge in [-0.15, -0.1) is 21.5 Å². The summed E-state index contributed by atoms with van der Waals surface area (Å²) < 4.78 is 5.03. The highest BCUT2D eigenvalue weighted by atomic mass is 32.2. The number of benzene rings is 1. The number of aryl methyl sites for hydroxylation is 1. The summed E-state index contributed by atoms with van der Waals surface area (Å²) in [4.78, 5) is 34.9. The normalized spacial score (nSPS) is 12.2. The number of thiophene rings is 1. The third-order valence-corrected chi connectivity index (χ3v) is 7.72. The molecule has 0 aliphatic rings. The number of H-pyrrole nitrogens is 1. The zero-order valence-corrected chi connectivity index (χ0v) is 20.1. The molecule has 1 aromatic carbocycles. The van der Waals surface area contributed by atoms with Gasteiger partial charge in [0.15, 0.2) is 5.16 Å². The molecule has 0 spiro atoms. The lowest BCUT2D eigenvalue weighted by Crippen LogP contribution is -2.25. The van der Waals surface area contributed by atoms with Crippen molar-refractivity contribution in [2.24, 2.45) is 0 Å². The first kappa shape index (κ1) is 22.6. The van der Waals surface area contributed by atoms with E-state index in [2.05, 4.69) is 25.5 Å². The molecular weight excluding hydrogens is 466 g/mol. The Morgan fingerprint density at radius 2 is 2.03 bits per heavy atom. The molecule has 0 radical (unpaired) electrons. The Bertz CT molecular complexity index is 1300. The number of methoxy groups -OCH3 is 1. The van der Waals surface area contributed by atoms with Crippen LogP contribution in [0.3, 0.4) is 0 Å². The maximum absolute atomic E-state index is 13.0. The van der Waals surface area contributed by atoms with E-state index in [4.69, 9.17) is 4.74 Å². The topological polar surface area (TPSA) is 110 Å². The molecule has 11 heteroatoms. The van der Waals surface area contributed by atoms with E-state index in [-0.39, 0.29) is 11.5 Å². The minimum atomic E-state index is -0.444. The van der Waals surface area contributed by atoms with Crippen molar-refractivity contribution in [1.29, 1.82) is 0 Å². The van der Waals surface area contributed by atoms with Gasteiger partial charge in [-0.1, -0.05) is 60.4 Å². The predicted molar refractivity (Wildman–Crippen MR) is 130 cm³/mol. The average Bonchev–Trinajstić information content (AvgIpc) is 3.36. The third kappa shape index (κ3) is 4.75. The fourth-order valence-electron chi connectivity index (χ4n) is 3.24. The van der Waals surface area contributed by atoms with Crippen molar-refractivity contribution >= 4 is 55.7 Å². The lowest BCUT2D eigenvalue weighted by atomic mass is 10.0. The molecule has 4 rings (SSSR count). The van der Waals surface area contributed by atoms with E-state index in [9.17, 15) is 9.59 Å². The Balaban J connectivity index is 1.57. The number of nitrogens with zero attached hydrogens (tertiary/aromatic N) is 3. The van der Waals surface area contributed by atoms with Crippen LogP contribution < -0.4 is 10.9 Å². The molecule has 0 saturated heterocycles. The number of ether oxygens (including phenoxy) is 1. The van der Waals surface area contributed by atoms with Gasteiger partial charge in [-0.05, 0) is 18.9 Å². The highest BCUT2D eigenvalue weighted by Gasteiger charge is 2.23. The Morgan fingerprint density at radius 3 is 2.75 bits per heavy atom. The van der Waals surface area contributed by atoms with Crippen molar-refractivity contribution < 1.29 is 9.53 Å². The largest absolute Gasteiger partial charge is 0.377 e. The summed E-state index contributed by atoms with van der Waals surface area (Å²) in [5.74, 6) is -0.215. The molecule has 1 unspecified atom stereocenters. The van der Waals surface area contributed by atoms with Crippen LogP contribution in [-0.4, -0.2) is 38.4 Å². The number of thioether (sulfide) groups is 1. The molecular formula is C21H21N5O3S3. The first-order chi connectivity index (χ1) is 15.5. The van der Waals surface area contributed by atoms with Crippen molar-refractivity contribution in [3.8, 4) is 11.1 Å². The third-order valence-electron chi connectivity index (χ3n) is 4.66. The number of hydrogen-bond donors (Lipinski definition) is 2. The van der Waals surface area contributed by atoms with E-state index >= 15 is 0 Å². The molecule has 0 aliphatic heterocycles. The van der Waals surface area contributed by atoms with Crippen molar-refractivity contribution in [2.75, 3.05) is 12.4 Å². The van der Waals surface area contributed by atoms with Gasteiger partial charge in [-0.25, -0.2) is 4.98 Å². The molecule has 3 aromatic heterocycles. The van der Waals surface area contributed by atoms with Gasteiger partial charge in [0.25, 0.3) is 5.56 Å². The van der Waals surface area contributed by atoms with Gasteiger partial charge in [0, 0.05) is 17.6 Å². The molecule has 2 N–H and O–H groups in total. The molecule has 0 fully saturated rings. The summed E-state index contributed by atoms with van der Waals surface area (Å²) in [5.41, 5.74) is 1.69. The molecule has 166 valence electrons. The molecule has 0 bridgehead atoms. The summed E-state index contributed by atoms with van der Waals surface area (Å²) in [6, 6.07) is 9.81. The van der Waals surface area contributed by atoms with E-state index in [0.717, 1.165) is 16.0 Å². The van der Waals surface area contributed by atoms with Crippen LogP contribution in [0.5, 0.6) is 0 Å².